The predicted octanol–water partition coefficient (Wildman–Crippen LogP) is 3.43. The zero-order valence-corrected chi connectivity index (χ0v) is 13.0. The maximum absolute atomic E-state index is 5.28. The lowest BCUT2D eigenvalue weighted by molar-refractivity contribution is 0.355. The van der Waals surface area contributed by atoms with Crippen LogP contribution in [0, 0.1) is 0 Å². The summed E-state index contributed by atoms with van der Waals surface area (Å²) in [6.07, 6.45) is 0. The van der Waals surface area contributed by atoms with Gasteiger partial charge in [-0.1, -0.05) is 11.2 Å². The first-order chi connectivity index (χ1) is 10.8. The second kappa shape index (κ2) is 6.48. The lowest BCUT2D eigenvalue weighted by Crippen LogP contribution is -1.97. The van der Waals surface area contributed by atoms with Gasteiger partial charge in [-0.3, -0.25) is 0 Å². The zero-order valence-electron chi connectivity index (χ0n) is 12.2. The molecule has 3 aromatic rings. The molecular weight excluding hydrogens is 302 g/mol. The summed E-state index contributed by atoms with van der Waals surface area (Å²) in [4.78, 5) is 5.53. The Morgan fingerprint density at radius 2 is 2.05 bits per heavy atom. The van der Waals surface area contributed by atoms with E-state index in [1.807, 2.05) is 35.7 Å². The van der Waals surface area contributed by atoms with E-state index in [9.17, 15) is 0 Å². The van der Waals surface area contributed by atoms with Crippen molar-refractivity contribution in [2.45, 2.75) is 6.54 Å². The Balaban J connectivity index is 1.75. The van der Waals surface area contributed by atoms with E-state index < -0.39 is 0 Å². The van der Waals surface area contributed by atoms with Crippen molar-refractivity contribution in [2.24, 2.45) is 0 Å². The summed E-state index contributed by atoms with van der Waals surface area (Å²) in [5.74, 6) is 1.78. The van der Waals surface area contributed by atoms with E-state index in [2.05, 4.69) is 15.5 Å². The molecule has 0 spiro atoms. The fourth-order valence-electron chi connectivity index (χ4n) is 1.96. The van der Waals surface area contributed by atoms with Crippen molar-refractivity contribution in [1.82, 2.24) is 10.1 Å². The van der Waals surface area contributed by atoms with Crippen LogP contribution in [0.2, 0.25) is 0 Å². The number of benzene rings is 1. The second-order valence-corrected chi connectivity index (χ2v) is 5.46. The van der Waals surface area contributed by atoms with Crippen LogP contribution in [0.1, 0.15) is 4.88 Å². The molecule has 0 aliphatic carbocycles. The third-order valence-electron chi connectivity index (χ3n) is 3.06. The van der Waals surface area contributed by atoms with E-state index in [4.69, 9.17) is 14.0 Å². The number of nitrogens with zero attached hydrogens (tertiary/aromatic N) is 2. The van der Waals surface area contributed by atoms with Gasteiger partial charge in [0.2, 0.25) is 5.82 Å². The molecule has 0 aliphatic heterocycles. The minimum absolute atomic E-state index is 0.387. The Hall–Kier alpha value is -2.54. The Morgan fingerprint density at radius 1 is 1.18 bits per heavy atom. The van der Waals surface area contributed by atoms with Crippen LogP contribution in [-0.4, -0.2) is 24.4 Å². The van der Waals surface area contributed by atoms with E-state index in [0.717, 1.165) is 5.56 Å². The Morgan fingerprint density at radius 3 is 2.77 bits per heavy atom. The molecule has 114 valence electrons. The molecule has 0 saturated heterocycles. The van der Waals surface area contributed by atoms with Gasteiger partial charge in [-0.05, 0) is 29.6 Å². The highest BCUT2D eigenvalue weighted by molar-refractivity contribution is 7.09. The molecular formula is C15H15N3O3S. The molecule has 3 rings (SSSR count). The van der Waals surface area contributed by atoms with Gasteiger partial charge in [0, 0.05) is 10.4 Å². The predicted molar refractivity (Wildman–Crippen MR) is 84.5 cm³/mol. The van der Waals surface area contributed by atoms with Gasteiger partial charge in [0.15, 0.2) is 11.5 Å². The molecule has 2 heterocycles. The van der Waals surface area contributed by atoms with Crippen molar-refractivity contribution < 1.29 is 14.0 Å². The van der Waals surface area contributed by atoms with Crippen molar-refractivity contribution in [3.8, 4) is 22.9 Å². The van der Waals surface area contributed by atoms with Crippen LogP contribution in [0.3, 0.4) is 0 Å². The number of rotatable bonds is 6. The first-order valence-corrected chi connectivity index (χ1v) is 7.50. The molecule has 0 atom stereocenters. The summed E-state index contributed by atoms with van der Waals surface area (Å²) < 4.78 is 15.7. The first-order valence-electron chi connectivity index (χ1n) is 6.62. The molecule has 2 aromatic heterocycles. The van der Waals surface area contributed by atoms with Gasteiger partial charge in [0.1, 0.15) is 0 Å². The molecule has 0 fully saturated rings. The molecule has 7 heteroatoms. The van der Waals surface area contributed by atoms with E-state index >= 15 is 0 Å². The van der Waals surface area contributed by atoms with Crippen molar-refractivity contribution in [3.63, 3.8) is 0 Å². The molecule has 1 N–H and O–H groups in total. The van der Waals surface area contributed by atoms with Crippen LogP contribution in [0.15, 0.2) is 40.2 Å². The summed E-state index contributed by atoms with van der Waals surface area (Å²) in [7, 11) is 3.18. The smallest absolute Gasteiger partial charge is 0.322 e. The SMILES string of the molecule is COc1ccc(-c2noc(NCc3cccs3)n2)cc1OC. The van der Waals surface area contributed by atoms with Crippen LogP contribution in [-0.2, 0) is 6.54 Å². The number of hydrogen-bond acceptors (Lipinski definition) is 7. The third-order valence-corrected chi connectivity index (χ3v) is 3.94. The van der Waals surface area contributed by atoms with Crippen molar-refractivity contribution >= 4 is 17.4 Å². The Labute approximate surface area is 131 Å². The van der Waals surface area contributed by atoms with E-state index in [1.54, 1.807) is 25.6 Å². The van der Waals surface area contributed by atoms with Crippen molar-refractivity contribution in [2.75, 3.05) is 19.5 Å². The standard InChI is InChI=1S/C15H15N3O3S/c1-19-12-6-5-10(8-13(12)20-2)14-17-15(21-18-14)16-9-11-4-3-7-22-11/h3-8H,9H2,1-2H3,(H,16,17,18). The lowest BCUT2D eigenvalue weighted by atomic mass is 10.2. The van der Waals surface area contributed by atoms with Gasteiger partial charge >= 0.3 is 6.01 Å². The average Bonchev–Trinajstić information content (AvgIpc) is 3.23. The summed E-state index contributed by atoms with van der Waals surface area (Å²) in [5, 5.41) is 9.11. The monoisotopic (exact) mass is 317 g/mol. The van der Waals surface area contributed by atoms with Crippen LogP contribution in [0.4, 0.5) is 6.01 Å². The minimum atomic E-state index is 0.387. The largest absolute Gasteiger partial charge is 0.493 e. The van der Waals surface area contributed by atoms with Crippen LogP contribution in [0.25, 0.3) is 11.4 Å². The number of methoxy groups -OCH3 is 2. The fraction of sp³-hybridized carbons (Fsp3) is 0.200. The Kier molecular flexibility index (Phi) is 4.24. The number of ether oxygens (including phenoxy) is 2. The summed E-state index contributed by atoms with van der Waals surface area (Å²) in [5.41, 5.74) is 0.797. The molecule has 0 saturated carbocycles. The summed E-state index contributed by atoms with van der Waals surface area (Å²) >= 11 is 1.67. The van der Waals surface area contributed by atoms with Crippen molar-refractivity contribution in [3.05, 3.63) is 40.6 Å². The van der Waals surface area contributed by atoms with Gasteiger partial charge in [-0.25, -0.2) is 0 Å². The lowest BCUT2D eigenvalue weighted by Gasteiger charge is -2.07. The first kappa shape index (κ1) is 14.4. The van der Waals surface area contributed by atoms with Crippen LogP contribution < -0.4 is 14.8 Å². The average molecular weight is 317 g/mol. The number of thiophene rings is 1. The van der Waals surface area contributed by atoms with Crippen LogP contribution >= 0.6 is 11.3 Å². The minimum Gasteiger partial charge on any atom is -0.493 e. The molecule has 0 amide bonds. The quantitative estimate of drug-likeness (QED) is 0.751. The Bertz CT molecular complexity index is 740. The van der Waals surface area contributed by atoms with Gasteiger partial charge in [0.05, 0.1) is 20.8 Å². The van der Waals surface area contributed by atoms with Crippen molar-refractivity contribution in [1.29, 1.82) is 0 Å². The molecule has 0 aliphatic rings. The number of hydrogen-bond donors (Lipinski definition) is 1. The van der Waals surface area contributed by atoms with Gasteiger partial charge < -0.3 is 19.3 Å². The maximum atomic E-state index is 5.28. The highest BCUT2D eigenvalue weighted by atomic mass is 32.1. The zero-order chi connectivity index (χ0) is 15.4. The molecule has 0 unspecified atom stereocenters. The number of nitrogens with one attached hydrogen (secondary N) is 1. The van der Waals surface area contributed by atoms with E-state index in [1.165, 1.54) is 4.88 Å². The molecule has 0 radical (unpaired) electrons. The van der Waals surface area contributed by atoms with Gasteiger partial charge in [0.25, 0.3) is 0 Å². The number of aromatic nitrogens is 2. The van der Waals surface area contributed by atoms with Crippen LogP contribution in [0.5, 0.6) is 11.5 Å². The normalized spacial score (nSPS) is 10.5. The van der Waals surface area contributed by atoms with Gasteiger partial charge in [-0.2, -0.15) is 4.98 Å². The summed E-state index contributed by atoms with van der Waals surface area (Å²) in [6, 6.07) is 9.91. The van der Waals surface area contributed by atoms with E-state index in [0.29, 0.717) is 29.9 Å². The molecule has 1 aromatic carbocycles. The topological polar surface area (TPSA) is 69.4 Å². The second-order valence-electron chi connectivity index (χ2n) is 4.43. The van der Waals surface area contributed by atoms with E-state index in [-0.39, 0.29) is 0 Å². The van der Waals surface area contributed by atoms with Gasteiger partial charge in [-0.15, -0.1) is 11.3 Å². The fourth-order valence-corrected chi connectivity index (χ4v) is 2.61. The molecule has 22 heavy (non-hydrogen) atoms. The molecule has 0 bridgehead atoms. The highest BCUT2D eigenvalue weighted by Gasteiger charge is 2.12. The number of anilines is 1. The molecule has 6 nitrogen and oxygen atoms in total. The highest BCUT2D eigenvalue weighted by Crippen LogP contribution is 2.31. The third kappa shape index (κ3) is 3.04. The summed E-state index contributed by atoms with van der Waals surface area (Å²) in [6.45, 7) is 0.658. The maximum Gasteiger partial charge on any atom is 0.322 e.